The summed E-state index contributed by atoms with van der Waals surface area (Å²) in [5.74, 6) is 1.82. The van der Waals surface area contributed by atoms with Gasteiger partial charge in [-0.2, -0.15) is 5.26 Å². The molecule has 1 atom stereocenters. The number of pyridine rings is 1. The lowest BCUT2D eigenvalue weighted by Gasteiger charge is -2.34. The van der Waals surface area contributed by atoms with Gasteiger partial charge in [0.25, 0.3) is 0 Å². The summed E-state index contributed by atoms with van der Waals surface area (Å²) >= 11 is 0. The summed E-state index contributed by atoms with van der Waals surface area (Å²) < 4.78 is 7.18. The first-order valence-electron chi connectivity index (χ1n) is 8.95. The predicted octanol–water partition coefficient (Wildman–Crippen LogP) is 1.51. The minimum atomic E-state index is 0.131. The van der Waals surface area contributed by atoms with Crippen molar-refractivity contribution < 1.29 is 4.74 Å². The Labute approximate surface area is 153 Å². The molecule has 138 valence electrons. The molecule has 0 aromatic carbocycles. The van der Waals surface area contributed by atoms with E-state index in [0.29, 0.717) is 18.2 Å². The van der Waals surface area contributed by atoms with Crippen LogP contribution in [0.25, 0.3) is 0 Å². The van der Waals surface area contributed by atoms with Gasteiger partial charge in [0.15, 0.2) is 0 Å². The van der Waals surface area contributed by atoms with Gasteiger partial charge in [-0.1, -0.05) is 0 Å². The summed E-state index contributed by atoms with van der Waals surface area (Å²) in [5, 5.41) is 21.0. The molecule has 0 bridgehead atoms. The minimum absolute atomic E-state index is 0.131. The number of rotatable bonds is 7. The normalized spacial score (nSPS) is 16.4. The fourth-order valence-corrected chi connectivity index (χ4v) is 3.33. The zero-order chi connectivity index (χ0) is 18.4. The fraction of sp³-hybridized carbons (Fsp3) is 0.556. The Morgan fingerprint density at radius 3 is 2.96 bits per heavy atom. The van der Waals surface area contributed by atoms with Gasteiger partial charge in [-0.3, -0.25) is 0 Å². The van der Waals surface area contributed by atoms with Gasteiger partial charge in [0.05, 0.1) is 24.3 Å². The van der Waals surface area contributed by atoms with Crippen LogP contribution < -0.4 is 10.2 Å². The van der Waals surface area contributed by atoms with Crippen LogP contribution in [0, 0.1) is 11.3 Å². The molecule has 1 fully saturated rings. The average Bonchev–Trinajstić information content (AvgIpc) is 3.15. The maximum Gasteiger partial charge on any atom is 0.149 e. The second kappa shape index (κ2) is 8.74. The van der Waals surface area contributed by atoms with Crippen molar-refractivity contribution in [3.8, 4) is 6.07 Å². The van der Waals surface area contributed by atoms with Crippen molar-refractivity contribution in [1.82, 2.24) is 25.1 Å². The Balaban J connectivity index is 1.54. The third-order valence-corrected chi connectivity index (χ3v) is 4.75. The molecule has 1 saturated heterocycles. The third-order valence-electron chi connectivity index (χ3n) is 4.75. The van der Waals surface area contributed by atoms with Crippen molar-refractivity contribution in [2.24, 2.45) is 0 Å². The van der Waals surface area contributed by atoms with Crippen LogP contribution in [0.4, 0.5) is 5.82 Å². The van der Waals surface area contributed by atoms with Crippen LogP contribution in [-0.2, 0) is 11.3 Å². The lowest BCUT2D eigenvalue weighted by atomic mass is 10.0. The first kappa shape index (κ1) is 18.3. The number of piperidine rings is 1. The lowest BCUT2D eigenvalue weighted by Crippen LogP contribution is -2.44. The molecule has 1 unspecified atom stereocenters. The van der Waals surface area contributed by atoms with E-state index in [4.69, 9.17) is 10.00 Å². The van der Waals surface area contributed by atoms with Gasteiger partial charge in [-0.25, -0.2) is 4.98 Å². The Morgan fingerprint density at radius 2 is 2.23 bits per heavy atom. The monoisotopic (exact) mass is 355 g/mol. The highest BCUT2D eigenvalue weighted by Crippen LogP contribution is 2.20. The molecule has 3 rings (SSSR count). The molecule has 3 heterocycles. The summed E-state index contributed by atoms with van der Waals surface area (Å²) in [4.78, 5) is 6.64. The van der Waals surface area contributed by atoms with Gasteiger partial charge >= 0.3 is 0 Å². The molecule has 26 heavy (non-hydrogen) atoms. The second-order valence-electron chi connectivity index (χ2n) is 6.54. The third kappa shape index (κ3) is 4.36. The van der Waals surface area contributed by atoms with E-state index in [2.05, 4.69) is 38.4 Å². The molecular formula is C18H25N7O. The van der Waals surface area contributed by atoms with Gasteiger partial charge in [0.2, 0.25) is 0 Å². The number of nitrogens with one attached hydrogen (secondary N) is 1. The topological polar surface area (TPSA) is 91.9 Å². The molecule has 1 N–H and O–H groups in total. The molecule has 0 radical (unpaired) electrons. The summed E-state index contributed by atoms with van der Waals surface area (Å²) in [7, 11) is 1.70. The molecule has 1 aliphatic rings. The van der Waals surface area contributed by atoms with E-state index in [1.807, 2.05) is 10.6 Å². The number of methoxy groups -OCH3 is 1. The molecule has 8 nitrogen and oxygen atoms in total. The van der Waals surface area contributed by atoms with Gasteiger partial charge in [-0.05, 0) is 31.9 Å². The molecule has 8 heteroatoms. The molecule has 1 aliphatic heterocycles. The zero-order valence-corrected chi connectivity index (χ0v) is 15.3. The van der Waals surface area contributed by atoms with Crippen LogP contribution in [0.15, 0.2) is 24.7 Å². The number of hydrogen-bond acceptors (Lipinski definition) is 7. The SMILES string of the molecule is COCCn1cnnc1C(C)NC1CCN(c2cc(C#N)ccn2)CC1. The summed E-state index contributed by atoms with van der Waals surface area (Å²) in [6.45, 7) is 5.36. The van der Waals surface area contributed by atoms with Crippen LogP contribution in [0.5, 0.6) is 0 Å². The predicted molar refractivity (Wildman–Crippen MR) is 97.6 cm³/mol. The maximum atomic E-state index is 9.04. The van der Waals surface area contributed by atoms with Gasteiger partial charge < -0.3 is 19.5 Å². The highest BCUT2D eigenvalue weighted by atomic mass is 16.5. The smallest absolute Gasteiger partial charge is 0.149 e. The molecule has 0 amide bonds. The van der Waals surface area contributed by atoms with Crippen molar-refractivity contribution in [1.29, 1.82) is 5.26 Å². The highest BCUT2D eigenvalue weighted by molar-refractivity contribution is 5.45. The molecular weight excluding hydrogens is 330 g/mol. The number of anilines is 1. The van der Waals surface area contributed by atoms with Crippen LogP contribution in [0.2, 0.25) is 0 Å². The van der Waals surface area contributed by atoms with Crippen LogP contribution >= 0.6 is 0 Å². The Kier molecular flexibility index (Phi) is 6.15. The van der Waals surface area contributed by atoms with Crippen molar-refractivity contribution in [3.63, 3.8) is 0 Å². The van der Waals surface area contributed by atoms with Crippen molar-refractivity contribution in [3.05, 3.63) is 36.0 Å². The summed E-state index contributed by atoms with van der Waals surface area (Å²) in [5.41, 5.74) is 0.652. The van der Waals surface area contributed by atoms with E-state index >= 15 is 0 Å². The first-order valence-corrected chi connectivity index (χ1v) is 8.95. The van der Waals surface area contributed by atoms with Crippen LogP contribution in [0.3, 0.4) is 0 Å². The fourth-order valence-electron chi connectivity index (χ4n) is 3.33. The molecule has 0 saturated carbocycles. The van der Waals surface area contributed by atoms with Gasteiger partial charge in [-0.15, -0.1) is 10.2 Å². The standard InChI is InChI=1S/C18H25N7O/c1-14(18-23-21-13-25(18)9-10-26-2)22-16-4-7-24(8-5-16)17-11-15(12-19)3-6-20-17/h3,6,11,13-14,16,22H,4-5,7-10H2,1-2H3. The van der Waals surface area contributed by atoms with E-state index < -0.39 is 0 Å². The van der Waals surface area contributed by atoms with Crippen molar-refractivity contribution in [2.75, 3.05) is 31.7 Å². The van der Waals surface area contributed by atoms with Crippen molar-refractivity contribution >= 4 is 5.82 Å². The first-order chi connectivity index (χ1) is 12.7. The molecule has 0 spiro atoms. The van der Waals surface area contributed by atoms with Crippen LogP contribution in [-0.4, -0.2) is 52.6 Å². The van der Waals surface area contributed by atoms with Crippen LogP contribution in [0.1, 0.15) is 37.2 Å². The number of ether oxygens (including phenoxy) is 1. The summed E-state index contributed by atoms with van der Waals surface area (Å²) in [6, 6.07) is 6.32. The lowest BCUT2D eigenvalue weighted by molar-refractivity contribution is 0.185. The maximum absolute atomic E-state index is 9.04. The van der Waals surface area contributed by atoms with E-state index in [0.717, 1.165) is 44.1 Å². The van der Waals surface area contributed by atoms with E-state index in [9.17, 15) is 0 Å². The number of aromatic nitrogens is 4. The van der Waals surface area contributed by atoms with E-state index in [1.165, 1.54) is 0 Å². The quantitative estimate of drug-likeness (QED) is 0.805. The largest absolute Gasteiger partial charge is 0.383 e. The number of hydrogen-bond donors (Lipinski definition) is 1. The Bertz CT molecular complexity index is 746. The van der Waals surface area contributed by atoms with Gasteiger partial charge in [0, 0.05) is 39.0 Å². The molecule has 2 aromatic heterocycles. The Hall–Kier alpha value is -2.50. The summed E-state index contributed by atoms with van der Waals surface area (Å²) in [6.07, 6.45) is 5.50. The number of nitriles is 1. The minimum Gasteiger partial charge on any atom is -0.383 e. The second-order valence-corrected chi connectivity index (χ2v) is 6.54. The van der Waals surface area contributed by atoms with Crippen molar-refractivity contribution in [2.45, 2.75) is 38.4 Å². The van der Waals surface area contributed by atoms with E-state index in [1.54, 1.807) is 25.7 Å². The Morgan fingerprint density at radius 1 is 1.42 bits per heavy atom. The molecule has 2 aromatic rings. The molecule has 0 aliphatic carbocycles. The highest BCUT2D eigenvalue weighted by Gasteiger charge is 2.23. The zero-order valence-electron chi connectivity index (χ0n) is 15.3. The average molecular weight is 355 g/mol. The van der Waals surface area contributed by atoms with Gasteiger partial charge in [0.1, 0.15) is 18.0 Å². The number of nitrogens with zero attached hydrogens (tertiary/aromatic N) is 6. The van der Waals surface area contributed by atoms with E-state index in [-0.39, 0.29) is 6.04 Å².